The summed E-state index contributed by atoms with van der Waals surface area (Å²) in [5, 5.41) is 89.8. The molecule has 0 atom stereocenters. The third kappa shape index (κ3) is 35.0. The van der Waals surface area contributed by atoms with Crippen molar-refractivity contribution in [3.63, 3.8) is 0 Å². The van der Waals surface area contributed by atoms with E-state index in [1.54, 1.807) is 0 Å². The number of rotatable bonds is 7. The first kappa shape index (κ1) is 54.3. The highest BCUT2D eigenvalue weighted by atomic mass is 32.1. The van der Waals surface area contributed by atoms with Gasteiger partial charge in [0, 0.05) is 51.4 Å². The number of carboxylic acid groups (broad SMARTS) is 4. The third-order valence-corrected chi connectivity index (χ3v) is 11.1. The van der Waals surface area contributed by atoms with E-state index >= 15 is 0 Å². The quantitative estimate of drug-likeness (QED) is 0.0912. The monoisotopic (exact) mass is 834 g/mol. The lowest BCUT2D eigenvalue weighted by Crippen LogP contribution is -2.27. The van der Waals surface area contributed by atoms with Gasteiger partial charge in [-0.2, -0.15) is 0 Å². The molecule has 0 unspecified atom stereocenters. The number of hydrogen-bond donors (Lipinski definition) is 10. The molecule has 1 heterocycles. The summed E-state index contributed by atoms with van der Waals surface area (Å²) < 4.78 is 0. The molecule has 3 aliphatic carbocycles. The van der Waals surface area contributed by atoms with Crippen molar-refractivity contribution in [2.45, 2.75) is 216 Å². The lowest BCUT2D eigenvalue weighted by atomic mass is 9.97. The smallest absolute Gasteiger partial charge is 0.345 e. The minimum Gasteiger partial charge on any atom is -0.481 e. The first-order chi connectivity index (χ1) is 26.9. The summed E-state index contributed by atoms with van der Waals surface area (Å²) in [6.45, 7) is 0. The zero-order valence-electron chi connectivity index (χ0n) is 34.1. The Morgan fingerprint density at radius 1 is 0.386 bits per heavy atom. The molecule has 1 aromatic heterocycles. The maximum absolute atomic E-state index is 10.3. The predicted octanol–water partition coefficient (Wildman–Crippen LogP) is 8.44. The Bertz CT molecular complexity index is 1060. The van der Waals surface area contributed by atoms with Crippen LogP contribution in [0.4, 0.5) is 0 Å². The molecule has 3 aliphatic rings. The van der Waals surface area contributed by atoms with Crippen LogP contribution in [0.2, 0.25) is 0 Å². The van der Waals surface area contributed by atoms with Crippen LogP contribution in [0.5, 0.6) is 0 Å². The molecule has 0 amide bonds. The lowest BCUT2D eigenvalue weighted by molar-refractivity contribution is -0.173. The Kier molecular flexibility index (Phi) is 30.7. The van der Waals surface area contributed by atoms with Crippen LogP contribution in [0.3, 0.4) is 0 Å². The SMILES string of the molecule is O=C(O)CCCCC(=O)O.O=C(O)c1ccc(C(=O)O)s1.OC1(O)CCCCCCCCC1.OC1(O)CCCCCCCCC1.OC1(O)CCCCCCCCC1. The highest BCUT2D eigenvalue weighted by molar-refractivity contribution is 7.15. The zero-order chi connectivity index (χ0) is 43.0. The fourth-order valence-electron chi connectivity index (χ4n) is 6.60. The summed E-state index contributed by atoms with van der Waals surface area (Å²) in [7, 11) is 0. The highest BCUT2D eigenvalue weighted by Gasteiger charge is 2.23. The fraction of sp³-hybridized carbons (Fsp3) is 0.810. The molecule has 10 N–H and O–H groups in total. The summed E-state index contributed by atoms with van der Waals surface area (Å²) in [4.78, 5) is 40.4. The summed E-state index contributed by atoms with van der Waals surface area (Å²) in [6, 6.07) is 2.55. The van der Waals surface area contributed by atoms with Crippen LogP contribution in [0.1, 0.15) is 218 Å². The van der Waals surface area contributed by atoms with E-state index in [0.29, 0.717) is 51.4 Å². The summed E-state index contributed by atoms with van der Waals surface area (Å²) in [5.41, 5.74) is 0. The molecule has 332 valence electrons. The van der Waals surface area contributed by atoms with E-state index in [1.165, 1.54) is 69.9 Å². The highest BCUT2D eigenvalue weighted by Crippen LogP contribution is 2.25. The normalized spacial score (nSPS) is 20.2. The van der Waals surface area contributed by atoms with Crippen LogP contribution in [-0.2, 0) is 9.59 Å². The molecule has 0 bridgehead atoms. The Morgan fingerprint density at radius 2 is 0.579 bits per heavy atom. The molecule has 0 saturated heterocycles. The Balaban J connectivity index is 0.000000689. The molecule has 0 spiro atoms. The van der Waals surface area contributed by atoms with Gasteiger partial charge in [0.05, 0.1) is 0 Å². The molecular weight excluding hydrogens is 761 g/mol. The molecule has 0 radical (unpaired) electrons. The van der Waals surface area contributed by atoms with Crippen LogP contribution < -0.4 is 0 Å². The standard InChI is InChI=1S/3C10H20O2.C6H4O4S.C6H10O4/c3*11-10(12)8-6-4-2-1-3-5-7-9-10;7-5(8)3-1-2-4(11-3)6(9)10;7-5(8)3-1-2-4-6(9)10/h3*11-12H,1-9H2;1-2H,(H,7,8)(H,9,10);1-4H2,(H,7,8)(H,9,10). The second-order valence-electron chi connectivity index (χ2n) is 15.6. The lowest BCUT2D eigenvalue weighted by Gasteiger charge is -2.22. The van der Waals surface area contributed by atoms with Crippen LogP contribution in [0, 0.1) is 0 Å². The van der Waals surface area contributed by atoms with Gasteiger partial charge in [0.1, 0.15) is 9.75 Å². The van der Waals surface area contributed by atoms with E-state index in [1.807, 2.05) is 0 Å². The van der Waals surface area contributed by atoms with E-state index < -0.39 is 41.2 Å². The topological polar surface area (TPSA) is 271 Å². The first-order valence-electron chi connectivity index (χ1n) is 21.2. The average molecular weight is 835 g/mol. The van der Waals surface area contributed by atoms with Crippen LogP contribution in [-0.4, -0.2) is 92.3 Å². The minimum absolute atomic E-state index is 0.0439. The zero-order valence-corrected chi connectivity index (χ0v) is 34.9. The van der Waals surface area contributed by atoms with E-state index in [-0.39, 0.29) is 22.6 Å². The van der Waals surface area contributed by atoms with E-state index in [9.17, 15) is 49.8 Å². The van der Waals surface area contributed by atoms with Gasteiger partial charge in [-0.3, -0.25) is 9.59 Å². The number of hydrogen-bond acceptors (Lipinski definition) is 11. The average Bonchev–Trinajstić information content (AvgIpc) is 3.64. The maximum atomic E-state index is 10.3. The summed E-state index contributed by atoms with van der Waals surface area (Å²) in [6.07, 6.45) is 28.6. The predicted molar refractivity (Wildman–Crippen MR) is 218 cm³/mol. The van der Waals surface area contributed by atoms with Gasteiger partial charge in [-0.05, 0) is 63.5 Å². The van der Waals surface area contributed by atoms with Gasteiger partial charge in [-0.15, -0.1) is 11.3 Å². The van der Waals surface area contributed by atoms with Crippen molar-refractivity contribution in [1.29, 1.82) is 0 Å². The molecule has 3 saturated carbocycles. The van der Waals surface area contributed by atoms with Crippen molar-refractivity contribution >= 4 is 35.2 Å². The summed E-state index contributed by atoms with van der Waals surface area (Å²) >= 11 is 0.750. The van der Waals surface area contributed by atoms with Gasteiger partial charge < -0.3 is 51.1 Å². The van der Waals surface area contributed by atoms with Crippen LogP contribution >= 0.6 is 11.3 Å². The number of carboxylic acids is 4. The Morgan fingerprint density at radius 3 is 0.737 bits per heavy atom. The molecule has 57 heavy (non-hydrogen) atoms. The molecule has 3 fully saturated rings. The van der Waals surface area contributed by atoms with Gasteiger partial charge in [0.15, 0.2) is 17.4 Å². The third-order valence-electron chi connectivity index (χ3n) is 10.0. The number of thiophene rings is 1. The van der Waals surface area contributed by atoms with Crippen LogP contribution in [0.25, 0.3) is 0 Å². The van der Waals surface area contributed by atoms with Crippen molar-refractivity contribution in [1.82, 2.24) is 0 Å². The van der Waals surface area contributed by atoms with Crippen LogP contribution in [0.15, 0.2) is 12.1 Å². The van der Waals surface area contributed by atoms with Crippen molar-refractivity contribution in [3.05, 3.63) is 21.9 Å². The molecule has 0 aromatic carbocycles. The minimum atomic E-state index is -1.36. The van der Waals surface area contributed by atoms with Gasteiger partial charge in [0.25, 0.3) is 0 Å². The largest absolute Gasteiger partial charge is 0.481 e. The molecular formula is C42H74O14S. The molecule has 15 heteroatoms. The Labute approximate surface area is 343 Å². The number of aliphatic carboxylic acids is 2. The number of unbranched alkanes of at least 4 members (excludes halogenated alkanes) is 1. The van der Waals surface area contributed by atoms with E-state index in [4.69, 9.17) is 20.4 Å². The number of aliphatic hydroxyl groups is 6. The second-order valence-corrected chi connectivity index (χ2v) is 16.7. The van der Waals surface area contributed by atoms with Crippen molar-refractivity contribution < 1.29 is 70.2 Å². The van der Waals surface area contributed by atoms with Gasteiger partial charge >= 0.3 is 23.9 Å². The van der Waals surface area contributed by atoms with Crippen molar-refractivity contribution in [2.75, 3.05) is 0 Å². The van der Waals surface area contributed by atoms with E-state index in [0.717, 1.165) is 88.4 Å². The maximum Gasteiger partial charge on any atom is 0.345 e. The van der Waals surface area contributed by atoms with Gasteiger partial charge in [0.2, 0.25) is 0 Å². The molecule has 0 aliphatic heterocycles. The second kappa shape index (κ2) is 32.2. The summed E-state index contributed by atoms with van der Waals surface area (Å²) in [5.74, 6) is -8.02. The van der Waals surface area contributed by atoms with Crippen molar-refractivity contribution in [3.8, 4) is 0 Å². The van der Waals surface area contributed by atoms with Gasteiger partial charge in [-0.1, -0.05) is 96.3 Å². The number of carbonyl (C=O) groups is 4. The van der Waals surface area contributed by atoms with Crippen molar-refractivity contribution in [2.24, 2.45) is 0 Å². The van der Waals surface area contributed by atoms with Gasteiger partial charge in [-0.25, -0.2) is 9.59 Å². The molecule has 14 nitrogen and oxygen atoms in total. The molecule has 1 aromatic rings. The first-order valence-corrected chi connectivity index (χ1v) is 22.0. The Hall–Kier alpha value is -2.66. The fourth-order valence-corrected chi connectivity index (χ4v) is 7.28. The number of aromatic carboxylic acids is 2. The molecule has 4 rings (SSSR count). The van der Waals surface area contributed by atoms with E-state index in [2.05, 4.69) is 0 Å².